The van der Waals surface area contributed by atoms with Crippen LogP contribution in [0.2, 0.25) is 0 Å². The van der Waals surface area contributed by atoms with Crippen LogP contribution >= 0.6 is 0 Å². The number of rotatable bonds is 14. The number of hydrogen-bond donors (Lipinski definition) is 0. The summed E-state index contributed by atoms with van der Waals surface area (Å²) < 4.78 is 25.0. The second-order valence-electron chi connectivity index (χ2n) is 16.7. The Morgan fingerprint density at radius 2 is 1.16 bits per heavy atom. The predicted octanol–water partition coefficient (Wildman–Crippen LogP) is 9.44. The van der Waals surface area contributed by atoms with Crippen LogP contribution in [-0.2, 0) is 42.2 Å². The molecule has 1 heterocycles. The van der Waals surface area contributed by atoms with Gasteiger partial charge in [-0.1, -0.05) is 58.1 Å². The van der Waals surface area contributed by atoms with Crippen molar-refractivity contribution in [2.75, 3.05) is 40.4 Å². The zero-order chi connectivity index (χ0) is 39.4. The molecule has 0 fully saturated rings. The number of aryl methyl sites for hydroxylation is 1. The predicted molar refractivity (Wildman–Crippen MR) is 217 cm³/mol. The van der Waals surface area contributed by atoms with Crippen LogP contribution in [0.4, 0.5) is 0 Å². The van der Waals surface area contributed by atoms with Crippen molar-refractivity contribution >= 4 is 0 Å². The fourth-order valence-corrected chi connectivity index (χ4v) is 10.3. The van der Waals surface area contributed by atoms with Crippen LogP contribution < -0.4 is 18.9 Å². The van der Waals surface area contributed by atoms with Gasteiger partial charge in [-0.05, 0) is 81.5 Å². The van der Waals surface area contributed by atoms with Crippen LogP contribution in [-0.4, -0.2) is 50.2 Å². The maximum atomic E-state index is 10.5. The molecule has 4 aliphatic rings. The maximum absolute atomic E-state index is 10.5. The summed E-state index contributed by atoms with van der Waals surface area (Å²) in [7, 11) is 2.90. The Bertz CT molecular complexity index is 2210. The second kappa shape index (κ2) is 14.1. The van der Waals surface area contributed by atoms with E-state index in [1.807, 2.05) is 24.3 Å². The van der Waals surface area contributed by atoms with E-state index in [0.717, 1.165) is 50.9 Å². The summed E-state index contributed by atoms with van der Waals surface area (Å²) in [4.78, 5) is 4.73. The molecule has 1 spiro atoms. The molecule has 3 aliphatic carbocycles. The molecule has 3 aromatic carbocycles. The minimum absolute atomic E-state index is 0.104. The molecule has 0 N–H and O–H groups in total. The Morgan fingerprint density at radius 1 is 0.691 bits per heavy atom. The van der Waals surface area contributed by atoms with Crippen molar-refractivity contribution in [2.45, 2.75) is 82.7 Å². The number of methoxy groups -OCH3 is 2. The lowest BCUT2D eigenvalue weighted by Crippen LogP contribution is -2.33. The molecular weight excluding hydrogens is 685 g/mol. The molecule has 0 aromatic heterocycles. The van der Waals surface area contributed by atoms with Gasteiger partial charge in [-0.3, -0.25) is 9.80 Å². The van der Waals surface area contributed by atoms with E-state index in [4.69, 9.17) is 18.9 Å². The van der Waals surface area contributed by atoms with Gasteiger partial charge in [0.05, 0.1) is 14.2 Å². The Kier molecular flexibility index (Phi) is 9.74. The van der Waals surface area contributed by atoms with Gasteiger partial charge in [0.1, 0.15) is 23.3 Å². The van der Waals surface area contributed by atoms with Crippen LogP contribution in [0, 0.1) is 22.7 Å². The topological polar surface area (TPSA) is 91.0 Å². The number of benzene rings is 3. The zero-order valence-corrected chi connectivity index (χ0v) is 33.3. The first kappa shape index (κ1) is 38.0. The minimum Gasteiger partial charge on any atom is -0.491 e. The summed E-state index contributed by atoms with van der Waals surface area (Å²) in [5.41, 5.74) is 10.3. The number of fused-ring (bicyclic) bond motifs is 7. The Labute approximate surface area is 326 Å². The molecule has 1 aliphatic heterocycles. The average molecular weight is 737 g/mol. The molecule has 0 saturated heterocycles. The summed E-state index contributed by atoms with van der Waals surface area (Å²) in [6.45, 7) is 30.0. The molecule has 0 radical (unpaired) electrons. The number of nitriles is 2. The standard InChI is InChI=1S/C47H52N4O4/c1-11-17-50(18-12-2)25-33-30-16-15-29(30)21-35-38(33)47(27-45(35,5)6)28-46(7,8)36-22-37-40(34(39(36)47)26-51(19-13-3)20-14-4)55-44-32(24-49)42(53-10)41(52-9)31(23-48)43(44)54-37/h11-14,21-22H,1-4,15-20,25-28H2,5-10H3. The van der Waals surface area contributed by atoms with Crippen molar-refractivity contribution < 1.29 is 18.9 Å². The Balaban J connectivity index is 1.56. The monoisotopic (exact) mass is 736 g/mol. The molecule has 55 heavy (non-hydrogen) atoms. The van der Waals surface area contributed by atoms with Crippen molar-refractivity contribution in [3.8, 4) is 46.6 Å². The summed E-state index contributed by atoms with van der Waals surface area (Å²) in [6, 6.07) is 9.14. The number of hydrogen-bond acceptors (Lipinski definition) is 8. The van der Waals surface area contributed by atoms with E-state index in [0.29, 0.717) is 31.1 Å². The van der Waals surface area contributed by atoms with Crippen LogP contribution in [0.1, 0.15) is 96.2 Å². The summed E-state index contributed by atoms with van der Waals surface area (Å²) in [5, 5.41) is 20.9. The van der Waals surface area contributed by atoms with E-state index in [9.17, 15) is 10.5 Å². The molecule has 284 valence electrons. The van der Waals surface area contributed by atoms with E-state index in [1.54, 1.807) is 0 Å². The molecule has 3 aromatic rings. The van der Waals surface area contributed by atoms with E-state index in [-0.39, 0.29) is 50.4 Å². The van der Waals surface area contributed by atoms with E-state index in [2.05, 4.69) is 88.1 Å². The summed E-state index contributed by atoms with van der Waals surface area (Å²) >= 11 is 0. The Morgan fingerprint density at radius 3 is 1.62 bits per heavy atom. The molecule has 8 nitrogen and oxygen atoms in total. The van der Waals surface area contributed by atoms with Gasteiger partial charge in [-0.25, -0.2) is 0 Å². The van der Waals surface area contributed by atoms with Gasteiger partial charge < -0.3 is 18.9 Å². The highest BCUT2D eigenvalue weighted by atomic mass is 16.6. The van der Waals surface area contributed by atoms with Crippen LogP contribution in [0.5, 0.6) is 34.5 Å². The van der Waals surface area contributed by atoms with Crippen molar-refractivity contribution in [1.29, 1.82) is 10.5 Å². The first-order valence-electron chi connectivity index (χ1n) is 19.1. The lowest BCUT2D eigenvalue weighted by atomic mass is 9.68. The van der Waals surface area contributed by atoms with Gasteiger partial charge in [0.25, 0.3) is 0 Å². The fraction of sp³-hybridized carbons (Fsp3) is 0.404. The summed E-state index contributed by atoms with van der Waals surface area (Å²) in [5.74, 6) is 1.61. The molecule has 8 heteroatoms. The van der Waals surface area contributed by atoms with E-state index < -0.39 is 0 Å². The number of ether oxygens (including phenoxy) is 4. The SMILES string of the molecule is C=CCN(CC=C)Cc1c2c(cc3c1C1(CC3(C)C)CC(C)(C)c3cc4c(c(CN(CC=C)CC=C)c31)Oc1c(C#N)c(OC)c(OC)c(C#N)c1O4)CC2. The first-order chi connectivity index (χ1) is 26.4. The van der Waals surface area contributed by atoms with Gasteiger partial charge >= 0.3 is 0 Å². The first-order valence-corrected chi connectivity index (χ1v) is 19.1. The molecule has 1 unspecified atom stereocenters. The number of nitrogens with zero attached hydrogens (tertiary/aromatic N) is 4. The van der Waals surface area contributed by atoms with Gasteiger partial charge in [0, 0.05) is 50.2 Å². The smallest absolute Gasteiger partial charge is 0.193 e. The second-order valence-corrected chi connectivity index (χ2v) is 16.7. The molecule has 1 atom stereocenters. The summed E-state index contributed by atoms with van der Waals surface area (Å²) in [6.07, 6.45) is 11.8. The van der Waals surface area contributed by atoms with Crippen LogP contribution in [0.25, 0.3) is 0 Å². The van der Waals surface area contributed by atoms with Gasteiger partial charge in [-0.2, -0.15) is 10.5 Å². The van der Waals surface area contributed by atoms with Crippen LogP contribution in [0.15, 0.2) is 62.8 Å². The third-order valence-electron chi connectivity index (χ3n) is 12.2. The molecule has 7 rings (SSSR count). The van der Waals surface area contributed by atoms with Crippen molar-refractivity contribution in [1.82, 2.24) is 9.80 Å². The third kappa shape index (κ3) is 5.77. The van der Waals surface area contributed by atoms with Gasteiger partial charge in [-0.15, -0.1) is 26.3 Å². The van der Waals surface area contributed by atoms with Gasteiger partial charge in [0.2, 0.25) is 0 Å². The quantitative estimate of drug-likeness (QED) is 0.118. The van der Waals surface area contributed by atoms with Crippen LogP contribution in [0.3, 0.4) is 0 Å². The fourth-order valence-electron chi connectivity index (χ4n) is 10.3. The highest BCUT2D eigenvalue weighted by Gasteiger charge is 2.59. The zero-order valence-electron chi connectivity index (χ0n) is 33.3. The van der Waals surface area contributed by atoms with Crippen molar-refractivity contribution in [3.05, 3.63) is 118 Å². The lowest BCUT2D eigenvalue weighted by Gasteiger charge is -2.37. The Hall–Kier alpha value is -5.28. The van der Waals surface area contributed by atoms with E-state index >= 15 is 0 Å². The molecule has 0 amide bonds. The highest BCUT2D eigenvalue weighted by molar-refractivity contribution is 5.78. The lowest BCUT2D eigenvalue weighted by molar-refractivity contribution is 0.299. The largest absolute Gasteiger partial charge is 0.491 e. The van der Waals surface area contributed by atoms with Crippen molar-refractivity contribution in [3.63, 3.8) is 0 Å². The molecular formula is C47H52N4O4. The average Bonchev–Trinajstić information content (AvgIpc) is 3.49. The molecule has 0 saturated carbocycles. The van der Waals surface area contributed by atoms with Crippen molar-refractivity contribution in [2.24, 2.45) is 0 Å². The minimum atomic E-state index is -0.346. The van der Waals surface area contributed by atoms with Gasteiger partial charge in [0.15, 0.2) is 34.5 Å². The highest BCUT2D eigenvalue weighted by Crippen LogP contribution is 2.68. The normalized spacial score (nSPS) is 18.7. The van der Waals surface area contributed by atoms with E-state index in [1.165, 1.54) is 53.2 Å². The maximum Gasteiger partial charge on any atom is 0.193 e. The third-order valence-corrected chi connectivity index (χ3v) is 12.2. The molecule has 0 bridgehead atoms.